The Hall–Kier alpha value is -1.63. The summed E-state index contributed by atoms with van der Waals surface area (Å²) in [6.45, 7) is 1.08. The van der Waals surface area contributed by atoms with Crippen molar-refractivity contribution in [1.82, 2.24) is 10.0 Å². The number of nitrogens with zero attached hydrogens (tertiary/aromatic N) is 1. The van der Waals surface area contributed by atoms with E-state index < -0.39 is 32.2 Å². The van der Waals surface area contributed by atoms with E-state index >= 15 is 0 Å². The van der Waals surface area contributed by atoms with Gasteiger partial charge in [-0.05, 0) is 31.2 Å². The van der Waals surface area contributed by atoms with Gasteiger partial charge in [-0.1, -0.05) is 0 Å². The molecular formula is C12H12F3N3O2S. The summed E-state index contributed by atoms with van der Waals surface area (Å²) in [7, 11) is -4.05. The minimum Gasteiger partial charge on any atom is -0.315 e. The molecule has 1 aromatic rings. The molecule has 1 atom stereocenters. The topological polar surface area (TPSA) is 82.0 Å². The van der Waals surface area contributed by atoms with E-state index in [1.165, 1.54) is 6.07 Å². The van der Waals surface area contributed by atoms with Crippen LogP contribution in [0.1, 0.15) is 17.5 Å². The van der Waals surface area contributed by atoms with Crippen LogP contribution in [0.2, 0.25) is 0 Å². The van der Waals surface area contributed by atoms with Crippen LogP contribution in [0.5, 0.6) is 0 Å². The van der Waals surface area contributed by atoms with Gasteiger partial charge in [-0.3, -0.25) is 0 Å². The summed E-state index contributed by atoms with van der Waals surface area (Å²) in [5, 5.41) is 11.6. The van der Waals surface area contributed by atoms with Crippen LogP contribution in [-0.4, -0.2) is 27.5 Å². The van der Waals surface area contributed by atoms with Crippen LogP contribution in [0.25, 0.3) is 0 Å². The van der Waals surface area contributed by atoms with Gasteiger partial charge < -0.3 is 5.32 Å². The lowest BCUT2D eigenvalue weighted by atomic mass is 10.1. The molecule has 0 spiro atoms. The van der Waals surface area contributed by atoms with E-state index in [1.54, 1.807) is 0 Å². The molecule has 2 N–H and O–H groups in total. The summed E-state index contributed by atoms with van der Waals surface area (Å²) < 4.78 is 65.0. The molecule has 0 saturated carbocycles. The summed E-state index contributed by atoms with van der Waals surface area (Å²) in [5.74, 6) is 0. The molecule has 2 rings (SSSR count). The molecule has 1 heterocycles. The van der Waals surface area contributed by atoms with Crippen molar-refractivity contribution in [3.05, 3.63) is 29.3 Å². The maximum Gasteiger partial charge on any atom is 0.417 e. The fraction of sp³-hybridized carbons (Fsp3) is 0.417. The van der Waals surface area contributed by atoms with Crippen LogP contribution in [0.3, 0.4) is 0 Å². The van der Waals surface area contributed by atoms with Crippen molar-refractivity contribution >= 4 is 10.0 Å². The maximum atomic E-state index is 12.8. The van der Waals surface area contributed by atoms with Gasteiger partial charge in [0.2, 0.25) is 10.0 Å². The first-order chi connectivity index (χ1) is 9.74. The highest BCUT2D eigenvalue weighted by molar-refractivity contribution is 7.89. The minimum atomic E-state index is -4.79. The summed E-state index contributed by atoms with van der Waals surface area (Å²) in [5.41, 5.74) is -1.86. The number of rotatable bonds is 3. The lowest BCUT2D eigenvalue weighted by Crippen LogP contribution is -2.36. The highest BCUT2D eigenvalue weighted by Crippen LogP contribution is 2.33. The molecule has 0 radical (unpaired) electrons. The van der Waals surface area contributed by atoms with Crippen LogP contribution in [0.15, 0.2) is 23.1 Å². The van der Waals surface area contributed by atoms with Gasteiger partial charge in [0.25, 0.3) is 0 Å². The number of halogens is 3. The average Bonchev–Trinajstić information content (AvgIpc) is 2.89. The molecule has 0 aromatic heterocycles. The van der Waals surface area contributed by atoms with Crippen LogP contribution in [-0.2, 0) is 16.2 Å². The second-order valence-electron chi connectivity index (χ2n) is 4.63. The second kappa shape index (κ2) is 5.63. The molecular weight excluding hydrogens is 307 g/mol. The van der Waals surface area contributed by atoms with Crippen molar-refractivity contribution in [3.8, 4) is 6.07 Å². The third-order valence-electron chi connectivity index (χ3n) is 3.11. The van der Waals surface area contributed by atoms with E-state index in [4.69, 9.17) is 5.26 Å². The van der Waals surface area contributed by atoms with Crippen LogP contribution >= 0.6 is 0 Å². The predicted molar refractivity (Wildman–Crippen MR) is 67.8 cm³/mol. The number of sulfonamides is 1. The van der Waals surface area contributed by atoms with E-state index in [-0.39, 0.29) is 6.04 Å². The molecule has 5 nitrogen and oxygen atoms in total. The molecule has 1 aliphatic rings. The Balaban J connectivity index is 2.38. The van der Waals surface area contributed by atoms with E-state index in [0.29, 0.717) is 25.6 Å². The number of hydrogen-bond donors (Lipinski definition) is 2. The number of benzene rings is 1. The Labute approximate surface area is 119 Å². The van der Waals surface area contributed by atoms with Gasteiger partial charge in [0.05, 0.1) is 22.1 Å². The third kappa shape index (κ3) is 3.53. The van der Waals surface area contributed by atoms with Gasteiger partial charge in [-0.25, -0.2) is 13.1 Å². The van der Waals surface area contributed by atoms with E-state index in [2.05, 4.69) is 10.0 Å². The van der Waals surface area contributed by atoms with E-state index in [0.717, 1.165) is 12.1 Å². The van der Waals surface area contributed by atoms with Crippen molar-refractivity contribution in [2.24, 2.45) is 0 Å². The maximum absolute atomic E-state index is 12.8. The molecule has 1 fully saturated rings. The van der Waals surface area contributed by atoms with Crippen molar-refractivity contribution in [2.75, 3.05) is 13.1 Å². The Kier molecular flexibility index (Phi) is 4.22. The molecule has 9 heteroatoms. The molecule has 0 amide bonds. The van der Waals surface area contributed by atoms with Gasteiger partial charge in [0, 0.05) is 12.6 Å². The first-order valence-corrected chi connectivity index (χ1v) is 7.57. The van der Waals surface area contributed by atoms with Crippen molar-refractivity contribution in [1.29, 1.82) is 5.26 Å². The van der Waals surface area contributed by atoms with E-state index in [9.17, 15) is 21.6 Å². The fourth-order valence-corrected chi connectivity index (χ4v) is 3.36. The number of hydrogen-bond acceptors (Lipinski definition) is 4. The highest BCUT2D eigenvalue weighted by Gasteiger charge is 2.35. The molecule has 114 valence electrons. The first-order valence-electron chi connectivity index (χ1n) is 6.08. The lowest BCUT2D eigenvalue weighted by molar-refractivity contribution is -0.137. The zero-order valence-corrected chi connectivity index (χ0v) is 11.6. The molecule has 21 heavy (non-hydrogen) atoms. The number of nitriles is 1. The first kappa shape index (κ1) is 15.8. The Morgan fingerprint density at radius 3 is 2.62 bits per heavy atom. The Morgan fingerprint density at radius 1 is 1.38 bits per heavy atom. The molecule has 1 saturated heterocycles. The zero-order valence-electron chi connectivity index (χ0n) is 10.7. The van der Waals surface area contributed by atoms with Crippen LogP contribution in [0.4, 0.5) is 13.2 Å². The predicted octanol–water partition coefficient (Wildman–Crippen LogP) is 1.22. The Bertz CT molecular complexity index is 674. The smallest absolute Gasteiger partial charge is 0.315 e. The lowest BCUT2D eigenvalue weighted by Gasteiger charge is -2.14. The molecule has 1 aliphatic heterocycles. The monoisotopic (exact) mass is 319 g/mol. The zero-order chi connectivity index (χ0) is 15.7. The standard InChI is InChI=1S/C12H12F3N3O2S/c13-12(14,15)11-5-10(2-1-8(11)6-16)21(19,20)18-9-3-4-17-7-9/h1-2,5,9,17-18H,3-4,7H2. The second-order valence-corrected chi connectivity index (χ2v) is 6.34. The van der Waals surface area contributed by atoms with E-state index in [1.807, 2.05) is 0 Å². The molecule has 0 bridgehead atoms. The largest absolute Gasteiger partial charge is 0.417 e. The summed E-state index contributed by atoms with van der Waals surface area (Å²) in [6, 6.07) is 3.41. The van der Waals surface area contributed by atoms with Crippen LogP contribution < -0.4 is 10.0 Å². The quantitative estimate of drug-likeness (QED) is 0.877. The molecule has 1 aromatic carbocycles. The number of alkyl halides is 3. The van der Waals surface area contributed by atoms with Crippen LogP contribution in [0, 0.1) is 11.3 Å². The van der Waals surface area contributed by atoms with Gasteiger partial charge in [-0.2, -0.15) is 18.4 Å². The van der Waals surface area contributed by atoms with Crippen molar-refractivity contribution in [2.45, 2.75) is 23.5 Å². The molecule has 0 aliphatic carbocycles. The minimum absolute atomic E-state index is 0.347. The SMILES string of the molecule is N#Cc1ccc(S(=O)(=O)NC2CCNC2)cc1C(F)(F)F. The normalized spacial score (nSPS) is 19.4. The summed E-state index contributed by atoms with van der Waals surface area (Å²) in [6.07, 6.45) is -4.22. The summed E-state index contributed by atoms with van der Waals surface area (Å²) in [4.78, 5) is -0.499. The fourth-order valence-electron chi connectivity index (χ4n) is 2.07. The van der Waals surface area contributed by atoms with Crippen molar-refractivity contribution in [3.63, 3.8) is 0 Å². The average molecular weight is 319 g/mol. The number of nitrogens with one attached hydrogen (secondary N) is 2. The highest BCUT2D eigenvalue weighted by atomic mass is 32.2. The van der Waals surface area contributed by atoms with Gasteiger partial charge >= 0.3 is 6.18 Å². The van der Waals surface area contributed by atoms with Crippen molar-refractivity contribution < 1.29 is 21.6 Å². The summed E-state index contributed by atoms with van der Waals surface area (Å²) >= 11 is 0. The Morgan fingerprint density at radius 2 is 2.10 bits per heavy atom. The third-order valence-corrected chi connectivity index (χ3v) is 4.63. The van der Waals surface area contributed by atoms with Gasteiger partial charge in [0.1, 0.15) is 0 Å². The van der Waals surface area contributed by atoms with Gasteiger partial charge in [-0.15, -0.1) is 0 Å². The van der Waals surface area contributed by atoms with Gasteiger partial charge in [0.15, 0.2) is 0 Å². The molecule has 1 unspecified atom stereocenters.